The van der Waals surface area contributed by atoms with E-state index in [0.29, 0.717) is 0 Å². The van der Waals surface area contributed by atoms with Gasteiger partial charge in [0, 0.05) is 6.92 Å². The number of alkyl halides is 1. The van der Waals surface area contributed by atoms with Crippen LogP contribution in [-0.4, -0.2) is 17.2 Å². The molecule has 0 aliphatic carbocycles. The Balaban J connectivity index is 3.50. The molecular formula is C5H9ClN2O2. The Labute approximate surface area is 63.9 Å². The smallest absolute Gasteiger partial charge is 0.256 e. The Morgan fingerprint density at radius 3 is 2.20 bits per heavy atom. The van der Waals surface area contributed by atoms with E-state index in [2.05, 4.69) is 10.9 Å². The SMILES string of the molecule is CC(=O)NNC(=O)[C@@H](C)Cl. The number of carbonyl (C=O) groups excluding carboxylic acids is 2. The average Bonchev–Trinajstić information content (AvgIpc) is 1.82. The molecule has 4 nitrogen and oxygen atoms in total. The summed E-state index contributed by atoms with van der Waals surface area (Å²) in [5.41, 5.74) is 4.21. The first-order chi connectivity index (χ1) is 4.54. The summed E-state index contributed by atoms with van der Waals surface area (Å²) in [5.74, 6) is -0.748. The average molecular weight is 165 g/mol. The summed E-state index contributed by atoms with van der Waals surface area (Å²) < 4.78 is 0. The van der Waals surface area contributed by atoms with Gasteiger partial charge in [-0.2, -0.15) is 0 Å². The molecule has 58 valence electrons. The van der Waals surface area contributed by atoms with E-state index in [4.69, 9.17) is 11.6 Å². The zero-order valence-corrected chi connectivity index (χ0v) is 6.53. The summed E-state index contributed by atoms with van der Waals surface area (Å²) in [5, 5.41) is -0.633. The summed E-state index contributed by atoms with van der Waals surface area (Å²) in [6.07, 6.45) is 0. The third-order valence-corrected chi connectivity index (χ3v) is 0.921. The van der Waals surface area contributed by atoms with Gasteiger partial charge >= 0.3 is 0 Å². The van der Waals surface area contributed by atoms with E-state index >= 15 is 0 Å². The number of carbonyl (C=O) groups is 2. The van der Waals surface area contributed by atoms with Crippen molar-refractivity contribution < 1.29 is 9.59 Å². The van der Waals surface area contributed by atoms with Gasteiger partial charge in [0.1, 0.15) is 5.38 Å². The predicted octanol–water partition coefficient (Wildman–Crippen LogP) is -0.219. The first-order valence-corrected chi connectivity index (χ1v) is 3.18. The monoisotopic (exact) mass is 164 g/mol. The topological polar surface area (TPSA) is 58.2 Å². The van der Waals surface area contributed by atoms with E-state index in [0.717, 1.165) is 0 Å². The van der Waals surface area contributed by atoms with Crippen molar-refractivity contribution in [2.45, 2.75) is 19.2 Å². The number of amides is 2. The van der Waals surface area contributed by atoms with Crippen LogP contribution in [0.5, 0.6) is 0 Å². The summed E-state index contributed by atoms with van der Waals surface area (Å²) in [4.78, 5) is 20.8. The minimum atomic E-state index is -0.633. The molecular weight excluding hydrogens is 156 g/mol. The number of hydrazine groups is 1. The standard InChI is InChI=1S/C5H9ClN2O2/c1-3(6)5(10)8-7-4(2)9/h3H,1-2H3,(H,7,9)(H,8,10)/t3-/m1/s1. The van der Waals surface area contributed by atoms with Crippen LogP contribution in [0.4, 0.5) is 0 Å². The summed E-state index contributed by atoms with van der Waals surface area (Å²) in [6, 6.07) is 0. The fourth-order valence-electron chi connectivity index (χ4n) is 0.249. The second-order valence-corrected chi connectivity index (χ2v) is 2.44. The lowest BCUT2D eigenvalue weighted by atomic mass is 10.5. The molecule has 0 unspecified atom stereocenters. The molecule has 0 saturated heterocycles. The molecule has 0 aromatic rings. The Kier molecular flexibility index (Phi) is 3.79. The van der Waals surface area contributed by atoms with Crippen LogP contribution in [0, 0.1) is 0 Å². The first-order valence-electron chi connectivity index (χ1n) is 2.74. The van der Waals surface area contributed by atoms with E-state index in [1.165, 1.54) is 13.8 Å². The fourth-order valence-corrected chi connectivity index (χ4v) is 0.304. The van der Waals surface area contributed by atoms with Gasteiger partial charge in [-0.15, -0.1) is 11.6 Å². The quantitative estimate of drug-likeness (QED) is 0.416. The molecule has 0 bridgehead atoms. The highest BCUT2D eigenvalue weighted by atomic mass is 35.5. The number of nitrogens with one attached hydrogen (secondary N) is 2. The molecule has 0 saturated carbocycles. The van der Waals surface area contributed by atoms with Gasteiger partial charge in [-0.3, -0.25) is 20.4 Å². The normalized spacial score (nSPS) is 11.9. The van der Waals surface area contributed by atoms with Gasteiger partial charge in [0.15, 0.2) is 0 Å². The lowest BCUT2D eigenvalue weighted by Crippen LogP contribution is -2.43. The zero-order valence-electron chi connectivity index (χ0n) is 5.77. The molecule has 0 spiro atoms. The molecule has 0 aliphatic rings. The van der Waals surface area contributed by atoms with E-state index in [9.17, 15) is 9.59 Å². The van der Waals surface area contributed by atoms with Gasteiger partial charge in [0.2, 0.25) is 5.91 Å². The second-order valence-electron chi connectivity index (χ2n) is 1.79. The molecule has 0 heterocycles. The van der Waals surface area contributed by atoms with Crippen LogP contribution in [0.25, 0.3) is 0 Å². The highest BCUT2D eigenvalue weighted by Gasteiger charge is 2.07. The Morgan fingerprint density at radius 2 is 1.90 bits per heavy atom. The molecule has 0 rings (SSSR count). The molecule has 0 aromatic heterocycles. The largest absolute Gasteiger partial charge is 0.274 e. The Morgan fingerprint density at radius 1 is 1.40 bits per heavy atom. The molecule has 10 heavy (non-hydrogen) atoms. The van der Waals surface area contributed by atoms with Crippen molar-refractivity contribution in [2.24, 2.45) is 0 Å². The summed E-state index contributed by atoms with van der Waals surface area (Å²) in [6.45, 7) is 2.80. The van der Waals surface area contributed by atoms with Gasteiger partial charge in [-0.25, -0.2) is 0 Å². The molecule has 2 N–H and O–H groups in total. The van der Waals surface area contributed by atoms with Gasteiger partial charge in [0.25, 0.3) is 5.91 Å². The summed E-state index contributed by atoms with van der Waals surface area (Å²) in [7, 11) is 0. The zero-order chi connectivity index (χ0) is 8.15. The third kappa shape index (κ3) is 4.14. The van der Waals surface area contributed by atoms with Crippen LogP contribution in [-0.2, 0) is 9.59 Å². The lowest BCUT2D eigenvalue weighted by molar-refractivity contribution is -0.127. The Bertz CT molecular complexity index is 147. The van der Waals surface area contributed by atoms with Crippen LogP contribution in [0.2, 0.25) is 0 Å². The van der Waals surface area contributed by atoms with Crippen LogP contribution >= 0.6 is 11.6 Å². The maximum absolute atomic E-state index is 10.6. The molecule has 5 heteroatoms. The predicted molar refractivity (Wildman–Crippen MR) is 37.3 cm³/mol. The van der Waals surface area contributed by atoms with Crippen molar-refractivity contribution in [3.63, 3.8) is 0 Å². The van der Waals surface area contributed by atoms with Crippen LogP contribution in [0.3, 0.4) is 0 Å². The number of rotatable bonds is 1. The molecule has 0 aliphatic heterocycles. The minimum Gasteiger partial charge on any atom is -0.274 e. The van der Waals surface area contributed by atoms with E-state index in [1.54, 1.807) is 0 Å². The van der Waals surface area contributed by atoms with Crippen LogP contribution in [0.15, 0.2) is 0 Å². The van der Waals surface area contributed by atoms with E-state index < -0.39 is 11.3 Å². The Hall–Kier alpha value is -0.770. The van der Waals surface area contributed by atoms with Gasteiger partial charge in [-0.05, 0) is 6.92 Å². The van der Waals surface area contributed by atoms with Gasteiger partial charge in [-0.1, -0.05) is 0 Å². The number of hydrogen-bond donors (Lipinski definition) is 2. The second kappa shape index (κ2) is 4.11. The molecule has 0 aromatic carbocycles. The molecule has 1 atom stereocenters. The molecule has 2 amide bonds. The maximum atomic E-state index is 10.6. The van der Waals surface area contributed by atoms with Gasteiger partial charge < -0.3 is 0 Å². The maximum Gasteiger partial charge on any atom is 0.256 e. The highest BCUT2D eigenvalue weighted by molar-refractivity contribution is 6.30. The fraction of sp³-hybridized carbons (Fsp3) is 0.600. The van der Waals surface area contributed by atoms with Crippen molar-refractivity contribution in [1.82, 2.24) is 10.9 Å². The van der Waals surface area contributed by atoms with Crippen molar-refractivity contribution in [3.05, 3.63) is 0 Å². The summed E-state index contributed by atoms with van der Waals surface area (Å²) >= 11 is 5.35. The third-order valence-electron chi connectivity index (χ3n) is 0.723. The first kappa shape index (κ1) is 9.23. The molecule has 0 radical (unpaired) electrons. The van der Waals surface area contributed by atoms with E-state index in [-0.39, 0.29) is 5.91 Å². The highest BCUT2D eigenvalue weighted by Crippen LogP contribution is 1.90. The van der Waals surface area contributed by atoms with Gasteiger partial charge in [0.05, 0.1) is 0 Å². The minimum absolute atomic E-state index is 0.328. The van der Waals surface area contributed by atoms with Crippen molar-refractivity contribution >= 4 is 23.4 Å². The van der Waals surface area contributed by atoms with Crippen LogP contribution in [0.1, 0.15) is 13.8 Å². The van der Waals surface area contributed by atoms with Crippen molar-refractivity contribution in [3.8, 4) is 0 Å². The van der Waals surface area contributed by atoms with Crippen molar-refractivity contribution in [1.29, 1.82) is 0 Å². The number of halogens is 1. The van der Waals surface area contributed by atoms with Crippen molar-refractivity contribution in [2.75, 3.05) is 0 Å². The lowest BCUT2D eigenvalue weighted by Gasteiger charge is -2.04. The van der Waals surface area contributed by atoms with E-state index in [1.807, 2.05) is 0 Å². The number of hydrogen-bond acceptors (Lipinski definition) is 2. The van der Waals surface area contributed by atoms with Crippen LogP contribution < -0.4 is 10.9 Å². The molecule has 0 fully saturated rings.